The number of allylic oxidation sites excluding steroid dienone is 1. The molecule has 0 bridgehead atoms. The molecule has 0 aliphatic heterocycles. The zero-order valence-corrected chi connectivity index (χ0v) is 18.0. The number of carbonyl (C=O) groups is 1. The molecule has 6 nitrogen and oxygen atoms in total. The highest BCUT2D eigenvalue weighted by Gasteiger charge is 2.13. The second kappa shape index (κ2) is 9.80. The quantitative estimate of drug-likeness (QED) is 0.390. The van der Waals surface area contributed by atoms with Crippen molar-refractivity contribution < 1.29 is 19.4 Å². The lowest BCUT2D eigenvalue weighted by atomic mass is 10.1. The molecule has 0 aliphatic carbocycles. The van der Waals surface area contributed by atoms with E-state index in [1.54, 1.807) is 18.4 Å². The lowest BCUT2D eigenvalue weighted by molar-refractivity contribution is -0.139. The van der Waals surface area contributed by atoms with Crippen LogP contribution in [0.3, 0.4) is 0 Å². The molecule has 2 aromatic carbocycles. The fraction of sp³-hybridized carbons (Fsp3) is 0.200. The molecule has 0 amide bonds. The van der Waals surface area contributed by atoms with E-state index < -0.39 is 12.6 Å². The van der Waals surface area contributed by atoms with Crippen molar-refractivity contribution in [2.45, 2.75) is 20.3 Å². The summed E-state index contributed by atoms with van der Waals surface area (Å²) in [7, 11) is 1.52. The minimum Gasteiger partial charge on any atom is -0.493 e. The molecule has 0 saturated heterocycles. The highest BCUT2D eigenvalue weighted by molar-refractivity contribution is 5.84. The molecule has 0 unspecified atom stereocenters. The predicted octanol–water partition coefficient (Wildman–Crippen LogP) is 5.05. The molecule has 3 aromatic rings. The third kappa shape index (κ3) is 5.22. The number of carboxylic acid groups (broad SMARTS) is 1. The Kier molecular flexibility index (Phi) is 6.92. The van der Waals surface area contributed by atoms with Crippen LogP contribution in [0.25, 0.3) is 5.69 Å². The predicted molar refractivity (Wildman–Crippen MR) is 123 cm³/mol. The van der Waals surface area contributed by atoms with Gasteiger partial charge in [0.2, 0.25) is 0 Å². The van der Waals surface area contributed by atoms with E-state index in [4.69, 9.17) is 14.6 Å². The van der Waals surface area contributed by atoms with Gasteiger partial charge in [0.05, 0.1) is 12.8 Å². The summed E-state index contributed by atoms with van der Waals surface area (Å²) in [5.41, 5.74) is 5.88. The molecule has 6 heteroatoms. The summed E-state index contributed by atoms with van der Waals surface area (Å²) in [5, 5.41) is 8.93. The van der Waals surface area contributed by atoms with Crippen molar-refractivity contribution in [3.63, 3.8) is 0 Å². The number of methoxy groups -OCH3 is 1. The molecule has 0 saturated carbocycles. The number of ether oxygens (including phenoxy) is 2. The molecule has 0 radical (unpaired) electrons. The van der Waals surface area contributed by atoms with Crippen LogP contribution >= 0.6 is 0 Å². The van der Waals surface area contributed by atoms with Gasteiger partial charge in [-0.15, -0.1) is 6.58 Å². The molecule has 3 rings (SSSR count). The van der Waals surface area contributed by atoms with Gasteiger partial charge in [0, 0.05) is 28.9 Å². The Hall–Kier alpha value is -3.80. The van der Waals surface area contributed by atoms with Gasteiger partial charge in [-0.1, -0.05) is 6.08 Å². The van der Waals surface area contributed by atoms with Gasteiger partial charge in [-0.05, 0) is 74.4 Å². The van der Waals surface area contributed by atoms with E-state index in [1.807, 2.05) is 30.3 Å². The Morgan fingerprint density at radius 3 is 2.39 bits per heavy atom. The molecule has 1 aromatic heterocycles. The minimum atomic E-state index is -1.05. The average Bonchev–Trinajstić information content (AvgIpc) is 3.09. The first kappa shape index (κ1) is 21.9. The summed E-state index contributed by atoms with van der Waals surface area (Å²) in [5.74, 6) is -0.189. The molecule has 0 aliphatic rings. The molecular formula is C25H26N2O4. The average molecular weight is 418 g/mol. The summed E-state index contributed by atoms with van der Waals surface area (Å²) in [6.07, 6.45) is 3.99. The van der Waals surface area contributed by atoms with Crippen LogP contribution in [0.1, 0.15) is 22.5 Å². The van der Waals surface area contributed by atoms with Crippen LogP contribution in [0.4, 0.5) is 5.69 Å². The Morgan fingerprint density at radius 2 is 1.81 bits per heavy atom. The molecule has 1 N–H and O–H groups in total. The first-order valence-electron chi connectivity index (χ1n) is 9.88. The van der Waals surface area contributed by atoms with Crippen LogP contribution in [0.15, 0.2) is 66.2 Å². The third-order valence-corrected chi connectivity index (χ3v) is 4.82. The zero-order valence-electron chi connectivity index (χ0n) is 18.0. The number of carboxylic acids is 1. The van der Waals surface area contributed by atoms with E-state index in [0.29, 0.717) is 17.9 Å². The minimum absolute atomic E-state index is 0.406. The maximum absolute atomic E-state index is 10.9. The SMILES string of the molecule is C=CCc1cc(C=Nc2ccc(-n3c(C)ccc3C)cc2)cc(OC)c1OCC(=O)O. The molecular weight excluding hydrogens is 392 g/mol. The maximum atomic E-state index is 10.9. The Balaban J connectivity index is 1.86. The van der Waals surface area contributed by atoms with E-state index in [2.05, 4.69) is 42.1 Å². The molecule has 0 spiro atoms. The Bertz CT molecular complexity index is 1090. The van der Waals surface area contributed by atoms with E-state index in [9.17, 15) is 4.79 Å². The smallest absolute Gasteiger partial charge is 0.341 e. The zero-order chi connectivity index (χ0) is 22.4. The lowest BCUT2D eigenvalue weighted by Crippen LogP contribution is -2.11. The first-order valence-corrected chi connectivity index (χ1v) is 9.88. The monoisotopic (exact) mass is 418 g/mol. The van der Waals surface area contributed by atoms with Crippen LogP contribution in [0.2, 0.25) is 0 Å². The number of hydrogen-bond donors (Lipinski definition) is 1. The van der Waals surface area contributed by atoms with Crippen LogP contribution in [0.5, 0.6) is 11.5 Å². The van der Waals surface area contributed by atoms with E-state index >= 15 is 0 Å². The highest BCUT2D eigenvalue weighted by atomic mass is 16.5. The second-order valence-electron chi connectivity index (χ2n) is 7.11. The fourth-order valence-corrected chi connectivity index (χ4v) is 3.43. The number of rotatable bonds is 9. The number of aliphatic carboxylic acids is 1. The number of nitrogens with zero attached hydrogens (tertiary/aromatic N) is 2. The molecule has 31 heavy (non-hydrogen) atoms. The summed E-state index contributed by atoms with van der Waals surface area (Å²) < 4.78 is 13.0. The van der Waals surface area contributed by atoms with Gasteiger partial charge in [0.1, 0.15) is 0 Å². The normalized spacial score (nSPS) is 10.9. The fourth-order valence-electron chi connectivity index (χ4n) is 3.43. The van der Waals surface area contributed by atoms with Gasteiger partial charge in [-0.25, -0.2) is 4.79 Å². The maximum Gasteiger partial charge on any atom is 0.341 e. The van der Waals surface area contributed by atoms with Crippen LogP contribution < -0.4 is 9.47 Å². The number of aliphatic imine (C=N–C) groups is 1. The van der Waals surface area contributed by atoms with Crippen molar-refractivity contribution in [3.8, 4) is 17.2 Å². The number of hydrogen-bond acceptors (Lipinski definition) is 4. The van der Waals surface area contributed by atoms with Crippen molar-refractivity contribution in [1.29, 1.82) is 0 Å². The summed E-state index contributed by atoms with van der Waals surface area (Å²) in [6, 6.07) is 15.9. The first-order chi connectivity index (χ1) is 14.9. The Labute approximate surface area is 182 Å². The van der Waals surface area contributed by atoms with Gasteiger partial charge in [-0.2, -0.15) is 0 Å². The lowest BCUT2D eigenvalue weighted by Gasteiger charge is -2.14. The molecule has 0 atom stereocenters. The van der Waals surface area contributed by atoms with E-state index in [0.717, 1.165) is 22.5 Å². The van der Waals surface area contributed by atoms with Crippen molar-refractivity contribution in [3.05, 3.63) is 83.7 Å². The van der Waals surface area contributed by atoms with Gasteiger partial charge in [-0.3, -0.25) is 4.99 Å². The highest BCUT2D eigenvalue weighted by Crippen LogP contribution is 2.33. The molecule has 0 fully saturated rings. The standard InChI is InChI=1S/C25H26N2O4/c1-5-6-20-13-19(14-23(30-4)25(20)31-16-24(28)29)15-26-21-9-11-22(12-10-21)27-17(2)7-8-18(27)3/h5,7-15H,1,6,16H2,2-4H3,(H,28,29). The van der Waals surface area contributed by atoms with Crippen molar-refractivity contribution in [2.75, 3.05) is 13.7 Å². The van der Waals surface area contributed by atoms with Crippen molar-refractivity contribution in [2.24, 2.45) is 4.99 Å². The van der Waals surface area contributed by atoms with Crippen LogP contribution in [0, 0.1) is 13.8 Å². The van der Waals surface area contributed by atoms with Gasteiger partial charge >= 0.3 is 5.97 Å². The summed E-state index contributed by atoms with van der Waals surface area (Å²) in [6.45, 7) is 7.48. The largest absolute Gasteiger partial charge is 0.493 e. The second-order valence-corrected chi connectivity index (χ2v) is 7.11. The van der Waals surface area contributed by atoms with Crippen LogP contribution in [-0.4, -0.2) is 35.6 Å². The number of aryl methyl sites for hydroxylation is 2. The summed E-state index contributed by atoms with van der Waals surface area (Å²) >= 11 is 0. The van der Waals surface area contributed by atoms with Gasteiger partial charge in [0.25, 0.3) is 0 Å². The van der Waals surface area contributed by atoms with Gasteiger partial charge < -0.3 is 19.1 Å². The van der Waals surface area contributed by atoms with E-state index in [1.165, 1.54) is 18.5 Å². The van der Waals surface area contributed by atoms with E-state index in [-0.39, 0.29) is 0 Å². The third-order valence-electron chi connectivity index (χ3n) is 4.82. The number of benzene rings is 2. The van der Waals surface area contributed by atoms with Crippen molar-refractivity contribution in [1.82, 2.24) is 4.57 Å². The number of aromatic nitrogens is 1. The molecule has 1 heterocycles. The van der Waals surface area contributed by atoms with Crippen molar-refractivity contribution >= 4 is 17.9 Å². The topological polar surface area (TPSA) is 73.0 Å². The Morgan fingerprint density at radius 1 is 1.13 bits per heavy atom. The summed E-state index contributed by atoms with van der Waals surface area (Å²) in [4.78, 5) is 15.5. The van der Waals surface area contributed by atoms with Gasteiger partial charge in [0.15, 0.2) is 18.1 Å². The molecule has 160 valence electrons. The van der Waals surface area contributed by atoms with Crippen LogP contribution in [-0.2, 0) is 11.2 Å².